The van der Waals surface area contributed by atoms with E-state index in [1.54, 1.807) is 0 Å². The van der Waals surface area contributed by atoms with Crippen LogP contribution in [-0.2, 0) is 0 Å². The molecule has 0 saturated heterocycles. The van der Waals surface area contributed by atoms with Crippen LogP contribution in [0.2, 0.25) is 0 Å². The summed E-state index contributed by atoms with van der Waals surface area (Å²) < 4.78 is 0. The third-order valence-electron chi connectivity index (χ3n) is 9.35. The lowest BCUT2D eigenvalue weighted by molar-refractivity contribution is 1.12. The predicted octanol–water partition coefficient (Wildman–Crippen LogP) is 11.4. The van der Waals surface area contributed by atoms with Crippen molar-refractivity contribution in [2.75, 3.05) is 0 Å². The molecular weight excluding hydrogens is 661 g/mol. The Morgan fingerprint density at radius 1 is 0.259 bits per heavy atom. The maximum atomic E-state index is 5.30. The third kappa shape index (κ3) is 6.67. The van der Waals surface area contributed by atoms with Crippen molar-refractivity contribution in [2.24, 2.45) is 0 Å². The smallest absolute Gasteiger partial charge is 0.0894 e. The Morgan fingerprint density at radius 3 is 0.759 bits per heavy atom. The van der Waals surface area contributed by atoms with Crippen molar-refractivity contribution in [1.82, 2.24) is 29.9 Å². The van der Waals surface area contributed by atoms with E-state index in [4.69, 9.17) is 9.97 Å². The van der Waals surface area contributed by atoms with Crippen molar-refractivity contribution in [3.8, 4) is 0 Å². The molecule has 0 fully saturated rings. The summed E-state index contributed by atoms with van der Waals surface area (Å²) in [6.07, 6.45) is 23.6. The molecule has 5 aromatic heterocycles. The van der Waals surface area contributed by atoms with Crippen LogP contribution in [0.3, 0.4) is 0 Å². The second-order valence-electron chi connectivity index (χ2n) is 12.8. The number of rotatable bonds is 8. The fourth-order valence-electron chi connectivity index (χ4n) is 6.70. The van der Waals surface area contributed by atoms with Gasteiger partial charge in [0.25, 0.3) is 0 Å². The molecule has 6 nitrogen and oxygen atoms in total. The monoisotopic (exact) mass is 692 g/mol. The lowest BCUT2D eigenvalue weighted by Gasteiger charge is -2.09. The summed E-state index contributed by atoms with van der Waals surface area (Å²) in [7, 11) is 0. The van der Waals surface area contributed by atoms with Crippen LogP contribution < -0.4 is 0 Å². The van der Waals surface area contributed by atoms with Gasteiger partial charge in [0, 0.05) is 68.6 Å². The van der Waals surface area contributed by atoms with Gasteiger partial charge >= 0.3 is 0 Å². The molecular formula is C48H32N6. The quantitative estimate of drug-likeness (QED) is 0.158. The van der Waals surface area contributed by atoms with E-state index in [1.165, 1.54) is 0 Å². The molecule has 0 unspecified atom stereocenters. The Bertz CT molecular complexity index is 2540. The normalized spacial score (nSPS) is 12.1. The molecule has 0 N–H and O–H groups in total. The first-order valence-corrected chi connectivity index (χ1v) is 17.8. The highest BCUT2D eigenvalue weighted by atomic mass is 14.8. The Kier molecular flexibility index (Phi) is 8.81. The van der Waals surface area contributed by atoms with Gasteiger partial charge in [0.05, 0.1) is 44.8 Å². The summed E-state index contributed by atoms with van der Waals surface area (Å²) in [6.45, 7) is 0. The zero-order valence-electron chi connectivity index (χ0n) is 29.2. The molecule has 0 atom stereocenters. The highest BCUT2D eigenvalue weighted by molar-refractivity contribution is 5.94. The van der Waals surface area contributed by atoms with Crippen LogP contribution in [-0.4, -0.2) is 29.9 Å². The summed E-state index contributed by atoms with van der Waals surface area (Å²) in [5.41, 5.74) is 10.5. The first-order valence-electron chi connectivity index (χ1n) is 17.8. The van der Waals surface area contributed by atoms with E-state index in [-0.39, 0.29) is 0 Å². The average molecular weight is 693 g/mol. The summed E-state index contributed by atoms with van der Waals surface area (Å²) in [6, 6.07) is 40.9. The molecule has 0 radical (unpaired) electrons. The van der Waals surface area contributed by atoms with Crippen molar-refractivity contribution in [2.45, 2.75) is 0 Å². The number of hydrogen-bond donors (Lipinski definition) is 0. The van der Waals surface area contributed by atoms with Crippen molar-refractivity contribution < 1.29 is 0 Å². The molecule has 0 aliphatic carbocycles. The van der Waals surface area contributed by atoms with Crippen molar-refractivity contribution in [3.63, 3.8) is 0 Å². The van der Waals surface area contributed by atoms with Gasteiger partial charge in [-0.25, -0.2) is 9.97 Å². The number of pyridine rings is 4. The first kappa shape index (κ1) is 32.5. The van der Waals surface area contributed by atoms with E-state index < -0.39 is 0 Å². The zero-order chi connectivity index (χ0) is 36.1. The highest BCUT2D eigenvalue weighted by Crippen LogP contribution is 2.26. The average Bonchev–Trinajstić information content (AvgIpc) is 3.23. The Labute approximate surface area is 312 Å². The number of aromatic nitrogens is 6. The molecule has 5 heterocycles. The van der Waals surface area contributed by atoms with Crippen LogP contribution in [0.5, 0.6) is 0 Å². The Morgan fingerprint density at radius 2 is 0.500 bits per heavy atom. The summed E-state index contributed by atoms with van der Waals surface area (Å²) in [5.74, 6) is 0. The van der Waals surface area contributed by atoms with Crippen LogP contribution in [0, 0.1) is 0 Å². The lowest BCUT2D eigenvalue weighted by atomic mass is 10.1. The minimum absolute atomic E-state index is 0.715. The number of fused-ring (bicyclic) bond motifs is 4. The molecule has 9 aromatic rings. The summed E-state index contributed by atoms with van der Waals surface area (Å²) >= 11 is 0. The van der Waals surface area contributed by atoms with E-state index in [2.05, 4.69) is 117 Å². The Balaban J connectivity index is 1.22. The van der Waals surface area contributed by atoms with Gasteiger partial charge in [-0.2, -0.15) is 0 Å². The third-order valence-corrected chi connectivity index (χ3v) is 9.35. The van der Waals surface area contributed by atoms with Gasteiger partial charge in [-0.3, -0.25) is 19.9 Å². The van der Waals surface area contributed by atoms with Gasteiger partial charge in [0.2, 0.25) is 0 Å². The first-order chi connectivity index (χ1) is 26.8. The van der Waals surface area contributed by atoms with Gasteiger partial charge in [0.15, 0.2) is 0 Å². The molecule has 54 heavy (non-hydrogen) atoms. The molecule has 9 rings (SSSR count). The summed E-state index contributed by atoms with van der Waals surface area (Å²) in [5, 5.41) is 4.30. The standard InChI is InChI=1S/C48H32N6/c1-9-33-17-5-29-49-45(33)37(13-1)21-25-41-42(26-22-38-14-2-10-34-18-6-30-50-46(34)38)54-44(28-24-40-16-4-12-36-20-8-32-52-48(36)40)43(53-41)27-23-39-15-3-11-35-19-7-31-51-47(35)39/h1-32H/b25-21+,26-22+,27-23+,28-24+. The Hall–Kier alpha value is -7.44. The molecule has 0 spiro atoms. The van der Waals surface area contributed by atoms with Crippen LogP contribution >= 0.6 is 0 Å². The zero-order valence-corrected chi connectivity index (χ0v) is 29.2. The van der Waals surface area contributed by atoms with Gasteiger partial charge in [-0.05, 0) is 48.6 Å². The van der Waals surface area contributed by atoms with Crippen molar-refractivity contribution >= 4 is 92.2 Å². The van der Waals surface area contributed by atoms with Crippen molar-refractivity contribution in [1.29, 1.82) is 0 Å². The number of hydrogen-bond acceptors (Lipinski definition) is 6. The number of nitrogens with zero attached hydrogens (tertiary/aromatic N) is 6. The molecule has 0 amide bonds. The lowest BCUT2D eigenvalue weighted by Crippen LogP contribution is -2.00. The van der Waals surface area contributed by atoms with E-state index in [9.17, 15) is 0 Å². The second kappa shape index (κ2) is 14.7. The highest BCUT2D eigenvalue weighted by Gasteiger charge is 2.11. The largest absolute Gasteiger partial charge is 0.256 e. The van der Waals surface area contributed by atoms with E-state index in [0.717, 1.165) is 65.9 Å². The van der Waals surface area contributed by atoms with E-state index in [0.29, 0.717) is 22.8 Å². The maximum absolute atomic E-state index is 5.30. The predicted molar refractivity (Wildman–Crippen MR) is 225 cm³/mol. The molecule has 4 aromatic carbocycles. The molecule has 0 saturated carbocycles. The second-order valence-corrected chi connectivity index (χ2v) is 12.8. The SMILES string of the molecule is C(=C\c1cccc2cccnc12)/c1nc(/C=C/c2cccc3cccnc23)c(/C=C/c2cccc3cccnc23)nc1/C=C/c1cccc2cccnc12. The van der Waals surface area contributed by atoms with Gasteiger partial charge in [-0.15, -0.1) is 0 Å². The van der Waals surface area contributed by atoms with E-state index in [1.807, 2.05) is 97.6 Å². The van der Waals surface area contributed by atoms with Gasteiger partial charge in [0.1, 0.15) is 0 Å². The minimum atomic E-state index is 0.715. The fraction of sp³-hybridized carbons (Fsp3) is 0. The van der Waals surface area contributed by atoms with Crippen LogP contribution in [0.1, 0.15) is 45.0 Å². The molecule has 0 bridgehead atoms. The topological polar surface area (TPSA) is 77.3 Å². The van der Waals surface area contributed by atoms with Crippen LogP contribution in [0.25, 0.3) is 92.2 Å². The van der Waals surface area contributed by atoms with E-state index >= 15 is 0 Å². The fourth-order valence-corrected chi connectivity index (χ4v) is 6.70. The molecule has 6 heteroatoms. The van der Waals surface area contributed by atoms with Crippen molar-refractivity contribution in [3.05, 3.63) is 191 Å². The van der Waals surface area contributed by atoms with Gasteiger partial charge < -0.3 is 0 Å². The van der Waals surface area contributed by atoms with Gasteiger partial charge in [-0.1, -0.05) is 121 Å². The molecule has 0 aliphatic heterocycles. The summed E-state index contributed by atoms with van der Waals surface area (Å²) in [4.78, 5) is 29.3. The van der Waals surface area contributed by atoms with Crippen LogP contribution in [0.4, 0.5) is 0 Å². The molecule has 0 aliphatic rings. The number of benzene rings is 4. The van der Waals surface area contributed by atoms with Crippen LogP contribution in [0.15, 0.2) is 146 Å². The minimum Gasteiger partial charge on any atom is -0.256 e. The maximum Gasteiger partial charge on any atom is 0.0894 e. The number of para-hydroxylation sites is 4. The molecule has 254 valence electrons.